The van der Waals surface area contributed by atoms with Gasteiger partial charge < -0.3 is 14.6 Å². The predicted molar refractivity (Wildman–Crippen MR) is 70.0 cm³/mol. The van der Waals surface area contributed by atoms with E-state index in [-0.39, 0.29) is 0 Å². The quantitative estimate of drug-likeness (QED) is 0.885. The van der Waals surface area contributed by atoms with Crippen molar-refractivity contribution in [2.45, 2.75) is 63.5 Å². The van der Waals surface area contributed by atoms with Gasteiger partial charge in [-0.05, 0) is 39.0 Å². The standard InChI is InChI=1S/C14H21N3O2/c1-2-18-11-8-10(14(11)6-3-7-14)15-13-16-12(17-19-13)9-4-5-9/h9-11H,2-8H2,1H3,(H,15,16,17)/t10-,11-/m0/s1. The maximum atomic E-state index is 5.85. The van der Waals surface area contributed by atoms with Crippen molar-refractivity contribution in [3.8, 4) is 0 Å². The van der Waals surface area contributed by atoms with Gasteiger partial charge in [-0.1, -0.05) is 11.6 Å². The summed E-state index contributed by atoms with van der Waals surface area (Å²) in [6, 6.07) is 1.05. The van der Waals surface area contributed by atoms with Gasteiger partial charge in [-0.2, -0.15) is 4.98 Å². The van der Waals surface area contributed by atoms with Crippen molar-refractivity contribution < 1.29 is 9.26 Å². The lowest BCUT2D eigenvalue weighted by Crippen LogP contribution is -2.64. The smallest absolute Gasteiger partial charge is 0.321 e. The molecule has 1 aromatic rings. The lowest BCUT2D eigenvalue weighted by atomic mass is 9.51. The Bertz CT molecular complexity index is 465. The van der Waals surface area contributed by atoms with Gasteiger partial charge in [0.25, 0.3) is 0 Å². The summed E-state index contributed by atoms with van der Waals surface area (Å²) in [5.41, 5.74) is 0.338. The van der Waals surface area contributed by atoms with Crippen molar-refractivity contribution in [3.63, 3.8) is 0 Å². The second-order valence-electron chi connectivity index (χ2n) is 6.20. The number of nitrogens with one attached hydrogen (secondary N) is 1. The van der Waals surface area contributed by atoms with E-state index in [4.69, 9.17) is 9.26 Å². The molecule has 4 rings (SSSR count). The third-order valence-electron chi connectivity index (χ3n) is 5.12. The zero-order chi connectivity index (χ0) is 12.9. The molecule has 0 bridgehead atoms. The van der Waals surface area contributed by atoms with Crippen LogP contribution in [0.2, 0.25) is 0 Å². The van der Waals surface area contributed by atoms with Crippen molar-refractivity contribution >= 4 is 6.01 Å². The Balaban J connectivity index is 1.42. The first-order chi connectivity index (χ1) is 9.32. The van der Waals surface area contributed by atoms with Gasteiger partial charge in [0.2, 0.25) is 0 Å². The van der Waals surface area contributed by atoms with Crippen molar-refractivity contribution in [1.29, 1.82) is 0 Å². The molecule has 5 heteroatoms. The van der Waals surface area contributed by atoms with Gasteiger partial charge >= 0.3 is 6.01 Å². The lowest BCUT2D eigenvalue weighted by Gasteiger charge is -2.60. The number of aromatic nitrogens is 2. The first-order valence-electron chi connectivity index (χ1n) is 7.53. The molecule has 2 atom stereocenters. The van der Waals surface area contributed by atoms with Crippen LogP contribution in [0.1, 0.15) is 57.2 Å². The van der Waals surface area contributed by atoms with E-state index in [0.29, 0.717) is 29.5 Å². The maximum absolute atomic E-state index is 5.85. The second-order valence-corrected chi connectivity index (χ2v) is 6.20. The maximum Gasteiger partial charge on any atom is 0.321 e. The van der Waals surface area contributed by atoms with Gasteiger partial charge in [0.1, 0.15) is 0 Å². The molecule has 104 valence electrons. The molecule has 3 fully saturated rings. The number of anilines is 1. The van der Waals surface area contributed by atoms with E-state index in [9.17, 15) is 0 Å². The second kappa shape index (κ2) is 4.20. The number of ether oxygens (including phenoxy) is 1. The molecule has 0 saturated heterocycles. The molecular formula is C14H21N3O2. The van der Waals surface area contributed by atoms with E-state index >= 15 is 0 Å². The molecule has 3 saturated carbocycles. The predicted octanol–water partition coefficient (Wildman–Crippen LogP) is 2.71. The van der Waals surface area contributed by atoms with Crippen LogP contribution in [-0.4, -0.2) is 28.9 Å². The van der Waals surface area contributed by atoms with Crippen LogP contribution in [0.4, 0.5) is 6.01 Å². The SMILES string of the molecule is CCO[C@H]1C[C@H](Nc2nc(C3CC3)no2)C12CCC2. The van der Waals surface area contributed by atoms with Gasteiger partial charge in [-0.3, -0.25) is 0 Å². The average molecular weight is 263 g/mol. The summed E-state index contributed by atoms with van der Waals surface area (Å²) in [4.78, 5) is 4.46. The van der Waals surface area contributed by atoms with Gasteiger partial charge in [0.15, 0.2) is 5.82 Å². The molecule has 1 aromatic heterocycles. The highest BCUT2D eigenvalue weighted by Crippen LogP contribution is 2.58. The van der Waals surface area contributed by atoms with Crippen LogP contribution >= 0.6 is 0 Å². The lowest BCUT2D eigenvalue weighted by molar-refractivity contribution is -0.158. The minimum absolute atomic E-state index is 0.338. The van der Waals surface area contributed by atoms with Gasteiger partial charge in [0, 0.05) is 24.0 Å². The molecule has 0 radical (unpaired) electrons. The Morgan fingerprint density at radius 1 is 1.42 bits per heavy atom. The van der Waals surface area contributed by atoms with Crippen LogP contribution < -0.4 is 5.32 Å². The first-order valence-corrected chi connectivity index (χ1v) is 7.53. The summed E-state index contributed by atoms with van der Waals surface area (Å²) in [5.74, 6) is 1.43. The van der Waals surface area contributed by atoms with Crippen molar-refractivity contribution in [2.24, 2.45) is 5.41 Å². The zero-order valence-corrected chi connectivity index (χ0v) is 11.4. The summed E-state index contributed by atoms with van der Waals surface area (Å²) in [5, 5.41) is 7.50. The van der Waals surface area contributed by atoms with Crippen LogP contribution in [0.5, 0.6) is 0 Å². The summed E-state index contributed by atoms with van der Waals surface area (Å²) in [7, 11) is 0. The molecular weight excluding hydrogens is 242 g/mol. The third-order valence-corrected chi connectivity index (χ3v) is 5.12. The van der Waals surface area contributed by atoms with E-state index in [1.807, 2.05) is 0 Å². The largest absolute Gasteiger partial charge is 0.378 e. The zero-order valence-electron chi connectivity index (χ0n) is 11.4. The Morgan fingerprint density at radius 2 is 2.26 bits per heavy atom. The van der Waals surface area contributed by atoms with Crippen LogP contribution in [0.25, 0.3) is 0 Å². The molecule has 1 heterocycles. The molecule has 3 aliphatic carbocycles. The van der Waals surface area contributed by atoms with Crippen LogP contribution in [0.3, 0.4) is 0 Å². The van der Waals surface area contributed by atoms with Crippen molar-refractivity contribution in [3.05, 3.63) is 5.82 Å². The topological polar surface area (TPSA) is 60.2 Å². The van der Waals surface area contributed by atoms with Gasteiger partial charge in [-0.15, -0.1) is 0 Å². The minimum Gasteiger partial charge on any atom is -0.378 e. The Kier molecular flexibility index (Phi) is 2.59. The van der Waals surface area contributed by atoms with Crippen LogP contribution in [0, 0.1) is 5.41 Å². The van der Waals surface area contributed by atoms with E-state index in [1.165, 1.54) is 32.1 Å². The third kappa shape index (κ3) is 1.78. The fourth-order valence-corrected chi connectivity index (χ4v) is 3.59. The first kappa shape index (κ1) is 11.7. The molecule has 0 unspecified atom stereocenters. The molecule has 0 amide bonds. The molecule has 19 heavy (non-hydrogen) atoms. The fraction of sp³-hybridized carbons (Fsp3) is 0.857. The number of rotatable bonds is 5. The Morgan fingerprint density at radius 3 is 2.89 bits per heavy atom. The highest BCUT2D eigenvalue weighted by Gasteiger charge is 2.59. The normalized spacial score (nSPS) is 31.8. The molecule has 0 aliphatic heterocycles. The fourth-order valence-electron chi connectivity index (χ4n) is 3.59. The van der Waals surface area contributed by atoms with Gasteiger partial charge in [0.05, 0.1) is 6.10 Å². The summed E-state index contributed by atoms with van der Waals surface area (Å²) in [6.07, 6.45) is 7.75. The van der Waals surface area contributed by atoms with E-state index < -0.39 is 0 Å². The highest BCUT2D eigenvalue weighted by atomic mass is 16.5. The minimum atomic E-state index is 0.338. The summed E-state index contributed by atoms with van der Waals surface area (Å²) >= 11 is 0. The average Bonchev–Trinajstić information content (AvgIpc) is 3.06. The van der Waals surface area contributed by atoms with Crippen molar-refractivity contribution in [1.82, 2.24) is 10.1 Å². The Hall–Kier alpha value is -1.10. The summed E-state index contributed by atoms with van der Waals surface area (Å²) in [6.45, 7) is 2.89. The number of hydrogen-bond acceptors (Lipinski definition) is 5. The van der Waals surface area contributed by atoms with Gasteiger partial charge in [-0.25, -0.2) is 0 Å². The molecule has 0 aromatic carbocycles. The molecule has 1 spiro atoms. The van der Waals surface area contributed by atoms with E-state index in [1.54, 1.807) is 0 Å². The molecule has 5 nitrogen and oxygen atoms in total. The number of hydrogen-bond donors (Lipinski definition) is 1. The van der Waals surface area contributed by atoms with E-state index in [0.717, 1.165) is 18.9 Å². The Labute approximate surface area is 113 Å². The molecule has 1 N–H and O–H groups in total. The van der Waals surface area contributed by atoms with Crippen LogP contribution in [0.15, 0.2) is 4.52 Å². The molecule has 3 aliphatic rings. The van der Waals surface area contributed by atoms with Crippen molar-refractivity contribution in [2.75, 3.05) is 11.9 Å². The summed E-state index contributed by atoms with van der Waals surface area (Å²) < 4.78 is 11.2. The highest BCUT2D eigenvalue weighted by molar-refractivity contribution is 5.29. The van der Waals surface area contributed by atoms with E-state index in [2.05, 4.69) is 22.4 Å². The number of nitrogens with zero attached hydrogens (tertiary/aromatic N) is 2. The van der Waals surface area contributed by atoms with Crippen LogP contribution in [-0.2, 0) is 4.74 Å². The monoisotopic (exact) mass is 263 g/mol.